The van der Waals surface area contributed by atoms with Gasteiger partial charge in [0.05, 0.1) is 0 Å². The number of Topliss-reactive ketones (excluding diaryl/α,β-unsaturated/α-hetero) is 2. The van der Waals surface area contributed by atoms with Crippen molar-refractivity contribution < 1.29 is 9.59 Å². The Bertz CT molecular complexity index is 569. The molecule has 5 nitrogen and oxygen atoms in total. The van der Waals surface area contributed by atoms with Gasteiger partial charge in [-0.05, 0) is 47.0 Å². The molecule has 25 heavy (non-hydrogen) atoms. The molecular weight excluding hydrogens is 338 g/mol. The summed E-state index contributed by atoms with van der Waals surface area (Å²) in [5, 5.41) is 0.0960. The number of carbonyl (C=O) groups excluding carboxylic acids is 2. The van der Waals surface area contributed by atoms with Crippen LogP contribution in [-0.4, -0.2) is 65.5 Å². The predicted octanol–water partition coefficient (Wildman–Crippen LogP) is 2.97. The van der Waals surface area contributed by atoms with Gasteiger partial charge in [-0.2, -0.15) is 0 Å². The molecule has 0 atom stereocenters. The van der Waals surface area contributed by atoms with E-state index in [1.165, 1.54) is 0 Å². The highest BCUT2D eigenvalue weighted by Gasteiger charge is 2.42. The fraction of sp³-hybridized carbons (Fsp3) is 0.684. The minimum atomic E-state index is -0.318. The summed E-state index contributed by atoms with van der Waals surface area (Å²) in [7, 11) is 0. The largest absolute Gasteiger partial charge is 0.367 e. The second-order valence-electron chi connectivity index (χ2n) is 6.41. The van der Waals surface area contributed by atoms with E-state index < -0.39 is 0 Å². The van der Waals surface area contributed by atoms with E-state index in [0.29, 0.717) is 5.70 Å². The number of halogens is 1. The Morgan fingerprint density at radius 1 is 0.880 bits per heavy atom. The van der Waals surface area contributed by atoms with Crippen LogP contribution in [0.5, 0.6) is 0 Å². The highest BCUT2D eigenvalue weighted by Crippen LogP contribution is 2.34. The molecule has 140 valence electrons. The van der Waals surface area contributed by atoms with Gasteiger partial charge in [-0.1, -0.05) is 11.6 Å². The third kappa shape index (κ3) is 3.71. The normalized spacial score (nSPS) is 18.3. The van der Waals surface area contributed by atoms with Crippen molar-refractivity contribution in [3.63, 3.8) is 0 Å². The third-order valence-electron chi connectivity index (χ3n) is 5.10. The van der Waals surface area contributed by atoms with Crippen LogP contribution in [0.2, 0.25) is 0 Å². The van der Waals surface area contributed by atoms with Gasteiger partial charge in [0.1, 0.15) is 22.1 Å². The van der Waals surface area contributed by atoms with Crippen LogP contribution in [0.4, 0.5) is 0 Å². The number of rotatable bonds is 7. The number of carbonyl (C=O) groups is 2. The van der Waals surface area contributed by atoms with Crippen molar-refractivity contribution >= 4 is 23.2 Å². The molecule has 6 heteroatoms. The number of piperidine rings is 1. The highest BCUT2D eigenvalue weighted by atomic mass is 35.5. The van der Waals surface area contributed by atoms with E-state index in [2.05, 4.69) is 9.80 Å². The Hall–Kier alpha value is -1.49. The third-order valence-corrected chi connectivity index (χ3v) is 5.45. The number of likely N-dealkylation sites (tertiary alicyclic amines) is 1. The summed E-state index contributed by atoms with van der Waals surface area (Å²) in [6, 6.07) is 0. The van der Waals surface area contributed by atoms with Gasteiger partial charge < -0.3 is 14.7 Å². The topological polar surface area (TPSA) is 43.9 Å². The molecule has 2 rings (SSSR count). The first kappa shape index (κ1) is 19.8. The van der Waals surface area contributed by atoms with Crippen molar-refractivity contribution in [1.82, 2.24) is 14.7 Å². The Morgan fingerprint density at radius 3 is 1.80 bits per heavy atom. The molecule has 0 N–H and O–H groups in total. The smallest absolute Gasteiger partial charge is 0.218 e. The molecule has 1 aliphatic heterocycles. The molecular formula is C19H30ClN3O2. The maximum absolute atomic E-state index is 13.2. The summed E-state index contributed by atoms with van der Waals surface area (Å²) >= 11 is 6.37. The first-order valence-electron chi connectivity index (χ1n) is 9.49. The predicted molar refractivity (Wildman–Crippen MR) is 101 cm³/mol. The zero-order chi connectivity index (χ0) is 18.6. The zero-order valence-electron chi connectivity index (χ0n) is 15.9. The molecule has 0 spiro atoms. The van der Waals surface area contributed by atoms with Crippen LogP contribution in [0.15, 0.2) is 22.1 Å². The summed E-state index contributed by atoms with van der Waals surface area (Å²) in [6.45, 7) is 12.7. The van der Waals surface area contributed by atoms with Crippen LogP contribution >= 0.6 is 11.6 Å². The molecule has 0 bridgehead atoms. The first-order chi connectivity index (χ1) is 12.0. The standard InChI is InChI=1S/C19H30ClN3O2/c1-5-21(6-2)19(22(7-3)8-4)14-17(24)15(20)16(18(14)25)23-12-10-9-11-13-23/h5-13H2,1-4H3. The van der Waals surface area contributed by atoms with Gasteiger partial charge in [0.15, 0.2) is 0 Å². The fourth-order valence-corrected chi connectivity index (χ4v) is 4.00. The summed E-state index contributed by atoms with van der Waals surface area (Å²) in [4.78, 5) is 32.3. The van der Waals surface area contributed by atoms with Gasteiger partial charge in [-0.25, -0.2) is 0 Å². The maximum atomic E-state index is 13.2. The van der Waals surface area contributed by atoms with Crippen LogP contribution < -0.4 is 0 Å². The van der Waals surface area contributed by atoms with Crippen LogP contribution in [0.25, 0.3) is 0 Å². The molecule has 0 amide bonds. The van der Waals surface area contributed by atoms with Gasteiger partial charge in [0, 0.05) is 39.3 Å². The minimum Gasteiger partial charge on any atom is -0.367 e. The van der Waals surface area contributed by atoms with E-state index in [1.54, 1.807) is 0 Å². The van der Waals surface area contributed by atoms with E-state index in [1.807, 2.05) is 32.6 Å². The number of nitrogens with zero attached hydrogens (tertiary/aromatic N) is 3. The summed E-state index contributed by atoms with van der Waals surface area (Å²) in [5.74, 6) is 0.210. The molecule has 0 radical (unpaired) electrons. The lowest BCUT2D eigenvalue weighted by molar-refractivity contribution is -0.116. The average molecular weight is 368 g/mol. The van der Waals surface area contributed by atoms with E-state index in [9.17, 15) is 9.59 Å². The second kappa shape index (κ2) is 8.75. The molecule has 1 aliphatic carbocycles. The quantitative estimate of drug-likeness (QED) is 0.511. The fourth-order valence-electron chi connectivity index (χ4n) is 3.70. The van der Waals surface area contributed by atoms with E-state index in [-0.39, 0.29) is 22.2 Å². The second-order valence-corrected chi connectivity index (χ2v) is 6.79. The monoisotopic (exact) mass is 367 g/mol. The van der Waals surface area contributed by atoms with Gasteiger partial charge in [0.2, 0.25) is 11.6 Å². The van der Waals surface area contributed by atoms with Gasteiger partial charge >= 0.3 is 0 Å². The Kier molecular flexibility index (Phi) is 6.94. The average Bonchev–Trinajstić information content (AvgIpc) is 2.85. The summed E-state index contributed by atoms with van der Waals surface area (Å²) in [5.41, 5.74) is 0.663. The minimum absolute atomic E-state index is 0.0960. The molecule has 0 aromatic heterocycles. The molecule has 1 heterocycles. The Labute approximate surface area is 156 Å². The lowest BCUT2D eigenvalue weighted by atomic mass is 10.1. The van der Waals surface area contributed by atoms with Crippen LogP contribution in [-0.2, 0) is 9.59 Å². The van der Waals surface area contributed by atoms with Crippen molar-refractivity contribution in [3.8, 4) is 0 Å². The van der Waals surface area contributed by atoms with E-state index >= 15 is 0 Å². The van der Waals surface area contributed by atoms with E-state index in [4.69, 9.17) is 11.6 Å². The summed E-state index contributed by atoms with van der Waals surface area (Å²) < 4.78 is 0. The molecule has 0 unspecified atom stereocenters. The lowest BCUT2D eigenvalue weighted by Crippen LogP contribution is -2.39. The first-order valence-corrected chi connectivity index (χ1v) is 9.87. The molecule has 2 aliphatic rings. The molecule has 1 fully saturated rings. The van der Waals surface area contributed by atoms with Gasteiger partial charge in [-0.15, -0.1) is 0 Å². The maximum Gasteiger partial charge on any atom is 0.218 e. The van der Waals surface area contributed by atoms with Crippen LogP contribution in [0, 0.1) is 0 Å². The number of ketones is 2. The van der Waals surface area contributed by atoms with Crippen molar-refractivity contribution in [2.75, 3.05) is 39.3 Å². The van der Waals surface area contributed by atoms with Gasteiger partial charge in [0.25, 0.3) is 0 Å². The molecule has 0 saturated carbocycles. The SMILES string of the molecule is CCN(CC)C(=C1C(=O)C(Cl)=C(N2CCCCC2)C1=O)N(CC)CC. The van der Waals surface area contributed by atoms with Gasteiger partial charge in [-0.3, -0.25) is 9.59 Å². The number of hydrogen-bond acceptors (Lipinski definition) is 5. The highest BCUT2D eigenvalue weighted by molar-refractivity contribution is 6.55. The van der Waals surface area contributed by atoms with E-state index in [0.717, 1.165) is 64.4 Å². The van der Waals surface area contributed by atoms with Crippen molar-refractivity contribution in [2.24, 2.45) is 0 Å². The molecule has 1 saturated heterocycles. The van der Waals surface area contributed by atoms with Crippen molar-refractivity contribution in [2.45, 2.75) is 47.0 Å². The zero-order valence-corrected chi connectivity index (χ0v) is 16.7. The number of allylic oxidation sites excluding steroid dienone is 2. The van der Waals surface area contributed by atoms with Crippen molar-refractivity contribution in [1.29, 1.82) is 0 Å². The molecule has 0 aromatic carbocycles. The lowest BCUT2D eigenvalue weighted by Gasteiger charge is -2.35. The van der Waals surface area contributed by atoms with Crippen LogP contribution in [0.3, 0.4) is 0 Å². The summed E-state index contributed by atoms with van der Waals surface area (Å²) in [6.07, 6.45) is 3.23. The molecule has 0 aromatic rings. The van der Waals surface area contributed by atoms with Crippen molar-refractivity contribution in [3.05, 3.63) is 22.1 Å². The number of hydrogen-bond donors (Lipinski definition) is 0. The van der Waals surface area contributed by atoms with Crippen LogP contribution in [0.1, 0.15) is 47.0 Å². The Morgan fingerprint density at radius 2 is 1.36 bits per heavy atom. The Balaban J connectivity index is 2.52.